The number of nitrogens with one attached hydrogen (secondary N) is 3. The van der Waals surface area contributed by atoms with Crippen molar-refractivity contribution < 1.29 is 9.18 Å². The van der Waals surface area contributed by atoms with Crippen molar-refractivity contribution in [3.8, 4) is 0 Å². The fraction of sp³-hybridized carbons (Fsp3) is 0.400. The van der Waals surface area contributed by atoms with Gasteiger partial charge < -0.3 is 16.0 Å². The molecule has 0 fully saturated rings. The summed E-state index contributed by atoms with van der Waals surface area (Å²) in [6, 6.07) is 8.84. The topological polar surface area (TPSA) is 65.5 Å². The van der Waals surface area contributed by atoms with Gasteiger partial charge in [-0.05, 0) is 55.8 Å². The van der Waals surface area contributed by atoms with Crippen LogP contribution >= 0.6 is 35.3 Å². The molecule has 0 spiro atoms. The number of aliphatic imine (C=N–C) groups is 1. The van der Waals surface area contributed by atoms with Crippen molar-refractivity contribution in [2.24, 2.45) is 4.99 Å². The van der Waals surface area contributed by atoms with E-state index in [1.807, 2.05) is 31.4 Å². The zero-order chi connectivity index (χ0) is 19.6. The fourth-order valence-corrected chi connectivity index (χ4v) is 3.09. The fourth-order valence-electron chi connectivity index (χ4n) is 2.45. The van der Waals surface area contributed by atoms with Crippen molar-refractivity contribution in [3.05, 3.63) is 57.5 Å². The molecule has 0 aliphatic carbocycles. The van der Waals surface area contributed by atoms with Crippen LogP contribution in [-0.2, 0) is 0 Å². The second-order valence-electron chi connectivity index (χ2n) is 6.22. The van der Waals surface area contributed by atoms with Crippen molar-refractivity contribution in [2.45, 2.75) is 33.2 Å². The van der Waals surface area contributed by atoms with Gasteiger partial charge in [0.05, 0.1) is 10.9 Å². The minimum atomic E-state index is -0.204. The quantitative estimate of drug-likeness (QED) is 0.212. The third kappa shape index (κ3) is 7.75. The van der Waals surface area contributed by atoms with Gasteiger partial charge in [-0.1, -0.05) is 18.2 Å². The molecule has 1 heterocycles. The number of amides is 1. The lowest BCUT2D eigenvalue weighted by Crippen LogP contribution is -2.39. The van der Waals surface area contributed by atoms with E-state index in [9.17, 15) is 9.18 Å². The molecule has 3 N–H and O–H groups in total. The van der Waals surface area contributed by atoms with Gasteiger partial charge in [0.15, 0.2) is 5.96 Å². The lowest BCUT2D eigenvalue weighted by Gasteiger charge is -2.18. The average molecular weight is 518 g/mol. The predicted molar refractivity (Wildman–Crippen MR) is 125 cm³/mol. The zero-order valence-electron chi connectivity index (χ0n) is 16.4. The Morgan fingerprint density at radius 1 is 1.29 bits per heavy atom. The van der Waals surface area contributed by atoms with Gasteiger partial charge in [0, 0.05) is 19.6 Å². The van der Waals surface area contributed by atoms with Crippen LogP contribution in [-0.4, -0.2) is 31.5 Å². The van der Waals surface area contributed by atoms with Gasteiger partial charge in [-0.25, -0.2) is 4.39 Å². The summed E-state index contributed by atoms with van der Waals surface area (Å²) in [4.78, 5) is 17.1. The van der Waals surface area contributed by atoms with Crippen molar-refractivity contribution in [1.29, 1.82) is 0 Å². The third-order valence-corrected chi connectivity index (χ3v) is 4.90. The van der Waals surface area contributed by atoms with Crippen molar-refractivity contribution in [1.82, 2.24) is 16.0 Å². The van der Waals surface area contributed by atoms with Crippen LogP contribution in [0.2, 0.25) is 0 Å². The number of benzene rings is 1. The first kappa shape index (κ1) is 24.4. The largest absolute Gasteiger partial charge is 0.357 e. The molecule has 1 aromatic heterocycles. The van der Waals surface area contributed by atoms with Gasteiger partial charge in [-0.3, -0.25) is 9.79 Å². The molecule has 0 aliphatic rings. The molecule has 1 aromatic carbocycles. The van der Waals surface area contributed by atoms with Crippen molar-refractivity contribution >= 4 is 47.2 Å². The molecular weight excluding hydrogens is 490 g/mol. The minimum Gasteiger partial charge on any atom is -0.357 e. The van der Waals surface area contributed by atoms with Gasteiger partial charge in [-0.15, -0.1) is 35.3 Å². The number of carbonyl (C=O) groups is 1. The summed E-state index contributed by atoms with van der Waals surface area (Å²) in [6.45, 7) is 7.59. The molecule has 0 radical (unpaired) electrons. The lowest BCUT2D eigenvalue weighted by atomic mass is 10.1. The summed E-state index contributed by atoms with van der Waals surface area (Å²) in [5.74, 6) is 0.425. The van der Waals surface area contributed by atoms with Crippen LogP contribution in [0.1, 0.15) is 47.1 Å². The van der Waals surface area contributed by atoms with Crippen LogP contribution in [0.5, 0.6) is 0 Å². The number of nitrogens with zero attached hydrogens (tertiary/aromatic N) is 1. The van der Waals surface area contributed by atoms with E-state index in [1.165, 1.54) is 11.3 Å². The number of halogens is 2. The lowest BCUT2D eigenvalue weighted by molar-refractivity contribution is 0.0957. The highest BCUT2D eigenvalue weighted by molar-refractivity contribution is 14.0. The van der Waals surface area contributed by atoms with Crippen LogP contribution in [0.4, 0.5) is 4.39 Å². The minimum absolute atomic E-state index is 0. The van der Waals surface area contributed by atoms with E-state index in [1.54, 1.807) is 25.1 Å². The molecule has 154 valence electrons. The molecule has 2 aromatic rings. The summed E-state index contributed by atoms with van der Waals surface area (Å²) < 4.78 is 13.8. The smallest absolute Gasteiger partial charge is 0.261 e. The standard InChI is InChI=1S/C20H27FN4OS.HI/c1-4-22-20(25-15(3)16-9-8-14(2)17(21)13-16)24-11-6-10-23-19(26)18-7-5-12-27-18;/h5,7-9,12-13,15H,4,6,10-11H2,1-3H3,(H,23,26)(H2,22,24,25);1H. The Kier molecular flexibility index (Phi) is 11.1. The second-order valence-corrected chi connectivity index (χ2v) is 7.17. The molecule has 5 nitrogen and oxygen atoms in total. The highest BCUT2D eigenvalue weighted by atomic mass is 127. The van der Waals surface area contributed by atoms with E-state index in [2.05, 4.69) is 20.9 Å². The normalized spacial score (nSPS) is 12.1. The molecule has 0 saturated heterocycles. The van der Waals surface area contributed by atoms with E-state index < -0.39 is 0 Å². The van der Waals surface area contributed by atoms with Gasteiger partial charge >= 0.3 is 0 Å². The average Bonchev–Trinajstić information content (AvgIpc) is 3.18. The molecule has 0 saturated carbocycles. The van der Waals surface area contributed by atoms with Gasteiger partial charge in [0.1, 0.15) is 5.82 Å². The molecular formula is C20H28FIN4OS. The summed E-state index contributed by atoms with van der Waals surface area (Å²) in [5, 5.41) is 11.3. The van der Waals surface area contributed by atoms with E-state index in [0.29, 0.717) is 29.5 Å². The molecule has 1 amide bonds. The summed E-state index contributed by atoms with van der Waals surface area (Å²) >= 11 is 1.43. The molecule has 2 rings (SSSR count). The van der Waals surface area contributed by atoms with Crippen LogP contribution in [0.25, 0.3) is 0 Å². The number of rotatable bonds is 8. The first-order chi connectivity index (χ1) is 13.0. The van der Waals surface area contributed by atoms with Gasteiger partial charge in [0.2, 0.25) is 0 Å². The summed E-state index contributed by atoms with van der Waals surface area (Å²) in [5.41, 5.74) is 1.50. The Bertz CT molecular complexity index is 768. The highest BCUT2D eigenvalue weighted by Gasteiger charge is 2.10. The third-order valence-electron chi connectivity index (χ3n) is 4.03. The summed E-state index contributed by atoms with van der Waals surface area (Å²) in [7, 11) is 0. The second kappa shape index (κ2) is 12.7. The Hall–Kier alpha value is -1.68. The maximum absolute atomic E-state index is 13.8. The maximum Gasteiger partial charge on any atom is 0.261 e. The Morgan fingerprint density at radius 2 is 2.07 bits per heavy atom. The van der Waals surface area contributed by atoms with E-state index in [4.69, 9.17) is 0 Å². The van der Waals surface area contributed by atoms with E-state index >= 15 is 0 Å². The monoisotopic (exact) mass is 518 g/mol. The number of hydrogen-bond acceptors (Lipinski definition) is 3. The van der Waals surface area contributed by atoms with E-state index in [-0.39, 0.29) is 41.7 Å². The summed E-state index contributed by atoms with van der Waals surface area (Å²) in [6.07, 6.45) is 0.737. The van der Waals surface area contributed by atoms with Gasteiger partial charge in [0.25, 0.3) is 5.91 Å². The molecule has 1 atom stereocenters. The van der Waals surface area contributed by atoms with Crippen LogP contribution in [0, 0.1) is 12.7 Å². The maximum atomic E-state index is 13.8. The SMILES string of the molecule is CCNC(=NCCCNC(=O)c1cccs1)NC(C)c1ccc(C)c(F)c1.I. The number of aryl methyl sites for hydroxylation is 1. The molecule has 0 bridgehead atoms. The molecule has 8 heteroatoms. The number of hydrogen-bond donors (Lipinski definition) is 3. The first-order valence-corrected chi connectivity index (χ1v) is 10.0. The van der Waals surface area contributed by atoms with Crippen LogP contribution < -0.4 is 16.0 Å². The van der Waals surface area contributed by atoms with E-state index in [0.717, 1.165) is 18.5 Å². The molecule has 1 unspecified atom stereocenters. The number of thiophene rings is 1. The van der Waals surface area contributed by atoms with Crippen LogP contribution in [0.15, 0.2) is 40.7 Å². The van der Waals surface area contributed by atoms with Crippen molar-refractivity contribution in [2.75, 3.05) is 19.6 Å². The Labute approximate surface area is 187 Å². The molecule has 28 heavy (non-hydrogen) atoms. The van der Waals surface area contributed by atoms with Crippen molar-refractivity contribution in [3.63, 3.8) is 0 Å². The molecule has 0 aliphatic heterocycles. The zero-order valence-corrected chi connectivity index (χ0v) is 19.6. The number of carbonyl (C=O) groups excluding carboxylic acids is 1. The van der Waals surface area contributed by atoms with Crippen LogP contribution in [0.3, 0.4) is 0 Å². The highest BCUT2D eigenvalue weighted by Crippen LogP contribution is 2.16. The number of guanidine groups is 1. The predicted octanol–water partition coefficient (Wildman–Crippen LogP) is 4.25. The van der Waals surface area contributed by atoms with Gasteiger partial charge in [-0.2, -0.15) is 0 Å². The Morgan fingerprint density at radius 3 is 2.71 bits per heavy atom. The first-order valence-electron chi connectivity index (χ1n) is 9.14. The Balaban J connectivity index is 0.00000392.